The Labute approximate surface area is 201 Å². The molecule has 0 aliphatic carbocycles. The fourth-order valence-corrected chi connectivity index (χ4v) is 3.13. The standard InChI is InChI=1S/C23H16ClF3N6O2/c24-15-2-1-3-16(10-15)31-22-19(20(28)34)21(32-33-22)30-11-13-4-7-17(8-5-13)35-18-9-6-14(12-29-18)23(25,26)27/h1-12H,(H2,28,34)(H2,31,32,33)/b30-11+. The number of aromatic amines is 1. The number of primary amides is 1. The van der Waals surface area contributed by atoms with Crippen LogP contribution in [0.15, 0.2) is 71.9 Å². The Hall–Kier alpha value is -4.38. The summed E-state index contributed by atoms with van der Waals surface area (Å²) in [5.74, 6) is -0.0104. The fraction of sp³-hybridized carbons (Fsp3) is 0.0435. The largest absolute Gasteiger partial charge is 0.439 e. The molecule has 35 heavy (non-hydrogen) atoms. The second kappa shape index (κ2) is 9.85. The summed E-state index contributed by atoms with van der Waals surface area (Å²) in [7, 11) is 0. The highest BCUT2D eigenvalue weighted by Crippen LogP contribution is 2.30. The van der Waals surface area contributed by atoms with Crippen molar-refractivity contribution in [3.63, 3.8) is 0 Å². The smallest absolute Gasteiger partial charge is 0.417 e. The van der Waals surface area contributed by atoms with Crippen molar-refractivity contribution in [2.24, 2.45) is 10.7 Å². The molecule has 0 aliphatic heterocycles. The van der Waals surface area contributed by atoms with Crippen LogP contribution in [0.1, 0.15) is 21.5 Å². The molecule has 4 rings (SSSR count). The topological polar surface area (TPSA) is 118 Å². The van der Waals surface area contributed by atoms with E-state index in [-0.39, 0.29) is 23.1 Å². The fourth-order valence-electron chi connectivity index (χ4n) is 2.94. The highest BCUT2D eigenvalue weighted by molar-refractivity contribution is 6.30. The van der Waals surface area contributed by atoms with E-state index >= 15 is 0 Å². The summed E-state index contributed by atoms with van der Waals surface area (Å²) in [6, 6.07) is 15.4. The molecule has 12 heteroatoms. The van der Waals surface area contributed by atoms with Crippen LogP contribution in [0.3, 0.4) is 0 Å². The van der Waals surface area contributed by atoms with Gasteiger partial charge in [-0.25, -0.2) is 9.98 Å². The van der Waals surface area contributed by atoms with Gasteiger partial charge in [0.2, 0.25) is 5.88 Å². The number of hydrogen-bond donors (Lipinski definition) is 3. The summed E-state index contributed by atoms with van der Waals surface area (Å²) in [6.45, 7) is 0. The number of alkyl halides is 3. The van der Waals surface area contributed by atoms with Crippen LogP contribution in [-0.2, 0) is 6.18 Å². The number of carbonyl (C=O) groups excluding carboxylic acids is 1. The van der Waals surface area contributed by atoms with Crippen molar-refractivity contribution in [3.05, 3.63) is 88.6 Å². The van der Waals surface area contributed by atoms with E-state index in [1.54, 1.807) is 48.5 Å². The molecule has 0 unspecified atom stereocenters. The molecule has 0 aliphatic rings. The van der Waals surface area contributed by atoms with Gasteiger partial charge in [0.05, 0.1) is 5.56 Å². The summed E-state index contributed by atoms with van der Waals surface area (Å²) in [4.78, 5) is 19.9. The second-order valence-corrected chi connectivity index (χ2v) is 7.54. The van der Waals surface area contributed by atoms with Gasteiger partial charge in [-0.1, -0.05) is 17.7 Å². The summed E-state index contributed by atoms with van der Waals surface area (Å²) in [6.07, 6.45) is -2.29. The molecule has 2 aromatic carbocycles. The van der Waals surface area contributed by atoms with Gasteiger partial charge in [-0.15, -0.1) is 0 Å². The maximum Gasteiger partial charge on any atom is 0.417 e. The van der Waals surface area contributed by atoms with E-state index in [9.17, 15) is 18.0 Å². The molecule has 4 aromatic rings. The molecule has 0 saturated carbocycles. The number of anilines is 2. The van der Waals surface area contributed by atoms with E-state index in [4.69, 9.17) is 22.1 Å². The number of benzene rings is 2. The number of aliphatic imine (C=N–C) groups is 1. The van der Waals surface area contributed by atoms with Gasteiger partial charge in [0.1, 0.15) is 11.3 Å². The first-order valence-corrected chi connectivity index (χ1v) is 10.3. The Bertz CT molecular complexity index is 1370. The lowest BCUT2D eigenvalue weighted by atomic mass is 10.2. The van der Waals surface area contributed by atoms with E-state index < -0.39 is 17.6 Å². The average Bonchev–Trinajstić information content (AvgIpc) is 3.21. The predicted octanol–water partition coefficient (Wildman–Crippen LogP) is 5.86. The maximum atomic E-state index is 12.6. The van der Waals surface area contributed by atoms with Crippen LogP contribution in [-0.4, -0.2) is 27.3 Å². The van der Waals surface area contributed by atoms with Crippen molar-refractivity contribution in [2.75, 3.05) is 5.32 Å². The minimum absolute atomic E-state index is 0.0164. The van der Waals surface area contributed by atoms with E-state index in [0.29, 0.717) is 28.2 Å². The van der Waals surface area contributed by atoms with Crippen molar-refractivity contribution >= 4 is 41.0 Å². The van der Waals surface area contributed by atoms with Gasteiger partial charge >= 0.3 is 6.18 Å². The van der Waals surface area contributed by atoms with Gasteiger partial charge < -0.3 is 15.8 Å². The monoisotopic (exact) mass is 500 g/mol. The van der Waals surface area contributed by atoms with Crippen molar-refractivity contribution in [1.82, 2.24) is 15.2 Å². The SMILES string of the molecule is NC(=O)c1c(Nc2cccc(Cl)c2)n[nH]c1/N=C/c1ccc(Oc2ccc(C(F)(F)F)cn2)cc1. The molecule has 0 radical (unpaired) electrons. The number of halogens is 4. The lowest BCUT2D eigenvalue weighted by Gasteiger charge is -2.08. The van der Waals surface area contributed by atoms with E-state index in [1.165, 1.54) is 6.21 Å². The van der Waals surface area contributed by atoms with Gasteiger partial charge in [-0.05, 0) is 54.1 Å². The van der Waals surface area contributed by atoms with Crippen LogP contribution >= 0.6 is 11.6 Å². The zero-order valence-corrected chi connectivity index (χ0v) is 18.4. The third-order valence-corrected chi connectivity index (χ3v) is 4.82. The molecule has 0 saturated heterocycles. The third-order valence-electron chi connectivity index (χ3n) is 4.59. The van der Waals surface area contributed by atoms with E-state index in [1.807, 2.05) is 0 Å². The number of nitrogens with two attached hydrogens (primary N) is 1. The van der Waals surface area contributed by atoms with E-state index in [2.05, 4.69) is 25.5 Å². The molecule has 178 valence electrons. The molecule has 8 nitrogen and oxygen atoms in total. The van der Waals surface area contributed by atoms with Crippen LogP contribution in [0.2, 0.25) is 5.02 Å². The number of carbonyl (C=O) groups is 1. The molecule has 1 amide bonds. The van der Waals surface area contributed by atoms with Crippen molar-refractivity contribution in [3.8, 4) is 11.6 Å². The number of pyridine rings is 1. The number of H-pyrrole nitrogens is 1. The van der Waals surface area contributed by atoms with E-state index in [0.717, 1.165) is 12.1 Å². The number of amides is 1. The first-order valence-electron chi connectivity index (χ1n) is 9.95. The normalized spacial score (nSPS) is 11.5. The summed E-state index contributed by atoms with van der Waals surface area (Å²) >= 11 is 5.98. The lowest BCUT2D eigenvalue weighted by Crippen LogP contribution is -2.12. The minimum Gasteiger partial charge on any atom is -0.439 e. The number of ether oxygens (including phenoxy) is 1. The predicted molar refractivity (Wildman–Crippen MR) is 125 cm³/mol. The first kappa shape index (κ1) is 23.8. The van der Waals surface area contributed by atoms with Crippen molar-refractivity contribution in [2.45, 2.75) is 6.18 Å². The Morgan fingerprint density at radius 1 is 1.14 bits per heavy atom. The maximum absolute atomic E-state index is 12.6. The molecule has 2 heterocycles. The molecule has 0 atom stereocenters. The number of nitrogens with zero attached hydrogens (tertiary/aromatic N) is 3. The van der Waals surface area contributed by atoms with Crippen LogP contribution in [0.4, 0.5) is 30.5 Å². The summed E-state index contributed by atoms with van der Waals surface area (Å²) in [5.41, 5.74) is 5.97. The Morgan fingerprint density at radius 3 is 2.54 bits per heavy atom. The van der Waals surface area contributed by atoms with Gasteiger partial charge in [0.15, 0.2) is 11.6 Å². The van der Waals surface area contributed by atoms with Crippen LogP contribution in [0.5, 0.6) is 11.6 Å². The quantitative estimate of drug-likeness (QED) is 0.274. The van der Waals surface area contributed by atoms with Crippen molar-refractivity contribution in [1.29, 1.82) is 0 Å². The Kier molecular flexibility index (Phi) is 6.69. The summed E-state index contributed by atoms with van der Waals surface area (Å²) in [5, 5.41) is 10.2. The number of hydrogen-bond acceptors (Lipinski definition) is 6. The molecule has 0 bridgehead atoms. The Morgan fingerprint density at radius 2 is 1.91 bits per heavy atom. The summed E-state index contributed by atoms with van der Waals surface area (Å²) < 4.78 is 43.4. The Balaban J connectivity index is 1.46. The van der Waals surface area contributed by atoms with Gasteiger partial charge in [0.25, 0.3) is 5.91 Å². The molecule has 2 aromatic heterocycles. The van der Waals surface area contributed by atoms with Gasteiger partial charge in [-0.2, -0.15) is 18.3 Å². The number of nitrogens with one attached hydrogen (secondary N) is 2. The minimum atomic E-state index is -4.47. The first-order chi connectivity index (χ1) is 16.7. The molecule has 4 N–H and O–H groups in total. The molecular weight excluding hydrogens is 485 g/mol. The highest BCUT2D eigenvalue weighted by Gasteiger charge is 2.30. The number of rotatable bonds is 7. The molecule has 0 fully saturated rings. The highest BCUT2D eigenvalue weighted by atomic mass is 35.5. The van der Waals surface area contributed by atoms with Crippen LogP contribution < -0.4 is 15.8 Å². The van der Waals surface area contributed by atoms with Crippen LogP contribution in [0, 0.1) is 0 Å². The zero-order valence-electron chi connectivity index (χ0n) is 17.7. The molecule has 0 spiro atoms. The number of aromatic nitrogens is 3. The zero-order chi connectivity index (χ0) is 25.0. The third kappa shape index (κ3) is 5.95. The van der Waals surface area contributed by atoms with Crippen LogP contribution in [0.25, 0.3) is 0 Å². The van der Waals surface area contributed by atoms with Gasteiger partial charge in [0, 0.05) is 29.2 Å². The van der Waals surface area contributed by atoms with Gasteiger partial charge in [-0.3, -0.25) is 9.89 Å². The lowest BCUT2D eigenvalue weighted by molar-refractivity contribution is -0.137. The molecular formula is C23H16ClF3N6O2. The average molecular weight is 501 g/mol. The van der Waals surface area contributed by atoms with Crippen molar-refractivity contribution < 1.29 is 22.7 Å². The second-order valence-electron chi connectivity index (χ2n) is 7.11.